The minimum atomic E-state index is -5.07. The van der Waals surface area contributed by atoms with E-state index in [1.165, 1.54) is 6.07 Å². The van der Waals surface area contributed by atoms with Crippen molar-refractivity contribution in [2.24, 2.45) is 0 Å². The molecule has 9 heteroatoms. The van der Waals surface area contributed by atoms with Crippen LogP contribution in [0, 0.1) is 5.82 Å². The average Bonchev–Trinajstić information content (AvgIpc) is 2.71. The van der Waals surface area contributed by atoms with Gasteiger partial charge >= 0.3 is 12.4 Å². The molecule has 1 aliphatic rings. The highest BCUT2D eigenvalue weighted by Gasteiger charge is 2.41. The topological polar surface area (TPSA) is 29.1 Å². The molecule has 0 spiro atoms. The molecule has 2 aromatic carbocycles. The number of hydrogen-bond acceptors (Lipinski definition) is 1. The number of benzene rings is 2. The van der Waals surface area contributed by atoms with E-state index < -0.39 is 46.7 Å². The number of carbonyl (C=O) groups is 1. The zero-order valence-corrected chi connectivity index (χ0v) is 13.5. The number of aryl methyl sites for hydroxylation is 1. The SMILES string of the molecule is O=C1Nc2ccc(F)cc2CCC1c1ccc(C(F)(F)F)cc1C(F)(F)F. The number of rotatable bonds is 1. The normalized spacial score (nSPS) is 17.9. The highest BCUT2D eigenvalue weighted by atomic mass is 19.4. The lowest BCUT2D eigenvalue weighted by molar-refractivity contribution is -0.143. The van der Waals surface area contributed by atoms with E-state index in [4.69, 9.17) is 0 Å². The Bertz CT molecular complexity index is 886. The van der Waals surface area contributed by atoms with E-state index in [0.29, 0.717) is 17.7 Å². The average molecular weight is 391 g/mol. The number of fused-ring (bicyclic) bond motifs is 1. The quantitative estimate of drug-likeness (QED) is 0.637. The van der Waals surface area contributed by atoms with Gasteiger partial charge in [0.15, 0.2) is 0 Å². The van der Waals surface area contributed by atoms with Gasteiger partial charge in [-0.3, -0.25) is 4.79 Å². The Morgan fingerprint density at radius 2 is 1.63 bits per heavy atom. The number of amides is 1. The molecule has 1 N–H and O–H groups in total. The van der Waals surface area contributed by atoms with Crippen molar-refractivity contribution in [3.8, 4) is 0 Å². The van der Waals surface area contributed by atoms with Gasteiger partial charge in [-0.05, 0) is 54.3 Å². The summed E-state index contributed by atoms with van der Waals surface area (Å²) in [6.45, 7) is 0. The van der Waals surface area contributed by atoms with Crippen molar-refractivity contribution in [1.29, 1.82) is 0 Å². The summed E-state index contributed by atoms with van der Waals surface area (Å²) in [5.74, 6) is -2.67. The maximum absolute atomic E-state index is 13.4. The summed E-state index contributed by atoms with van der Waals surface area (Å²) >= 11 is 0. The molecule has 0 radical (unpaired) electrons. The summed E-state index contributed by atoms with van der Waals surface area (Å²) in [4.78, 5) is 12.4. The number of nitrogens with one attached hydrogen (secondary N) is 1. The molecule has 0 aromatic heterocycles. The largest absolute Gasteiger partial charge is 0.416 e. The van der Waals surface area contributed by atoms with Crippen LogP contribution in [-0.2, 0) is 23.6 Å². The third kappa shape index (κ3) is 3.91. The van der Waals surface area contributed by atoms with Crippen molar-refractivity contribution in [3.05, 3.63) is 64.5 Å². The molecule has 144 valence electrons. The highest BCUT2D eigenvalue weighted by molar-refractivity contribution is 5.97. The summed E-state index contributed by atoms with van der Waals surface area (Å²) in [7, 11) is 0. The molecule has 2 nitrogen and oxygen atoms in total. The molecule has 0 aliphatic carbocycles. The summed E-state index contributed by atoms with van der Waals surface area (Å²) in [5.41, 5.74) is -2.82. The number of hydrogen-bond donors (Lipinski definition) is 1. The van der Waals surface area contributed by atoms with E-state index in [-0.39, 0.29) is 24.6 Å². The second-order valence-corrected chi connectivity index (χ2v) is 6.18. The van der Waals surface area contributed by atoms with Gasteiger partial charge in [0.25, 0.3) is 0 Å². The minimum Gasteiger partial charge on any atom is -0.325 e. The van der Waals surface area contributed by atoms with Crippen LogP contribution in [-0.4, -0.2) is 5.91 Å². The van der Waals surface area contributed by atoms with Gasteiger partial charge in [0.2, 0.25) is 5.91 Å². The first-order chi connectivity index (χ1) is 12.5. The third-order valence-corrected chi connectivity index (χ3v) is 4.41. The van der Waals surface area contributed by atoms with E-state index in [2.05, 4.69) is 5.32 Å². The fourth-order valence-electron chi connectivity index (χ4n) is 3.12. The monoisotopic (exact) mass is 391 g/mol. The summed E-state index contributed by atoms with van der Waals surface area (Å²) in [6, 6.07) is 4.78. The first-order valence-corrected chi connectivity index (χ1v) is 7.84. The Balaban J connectivity index is 2.04. The Morgan fingerprint density at radius 1 is 0.926 bits per heavy atom. The van der Waals surface area contributed by atoms with Gasteiger partial charge in [0, 0.05) is 5.69 Å². The van der Waals surface area contributed by atoms with Crippen molar-refractivity contribution in [1.82, 2.24) is 0 Å². The van der Waals surface area contributed by atoms with Gasteiger partial charge in [-0.2, -0.15) is 26.3 Å². The van der Waals surface area contributed by atoms with Crippen LogP contribution < -0.4 is 5.32 Å². The third-order valence-electron chi connectivity index (χ3n) is 4.41. The summed E-state index contributed by atoms with van der Waals surface area (Å²) in [6.07, 6.45) is -10.0. The molecule has 1 amide bonds. The van der Waals surface area contributed by atoms with Gasteiger partial charge in [0.1, 0.15) is 5.82 Å². The lowest BCUT2D eigenvalue weighted by Crippen LogP contribution is -2.23. The molecule has 1 atom stereocenters. The van der Waals surface area contributed by atoms with E-state index in [1.54, 1.807) is 0 Å². The smallest absolute Gasteiger partial charge is 0.325 e. The van der Waals surface area contributed by atoms with Crippen LogP contribution in [0.2, 0.25) is 0 Å². The minimum absolute atomic E-state index is 0.0142. The van der Waals surface area contributed by atoms with E-state index in [1.807, 2.05) is 0 Å². The molecule has 0 fully saturated rings. The van der Waals surface area contributed by atoms with E-state index >= 15 is 0 Å². The first-order valence-electron chi connectivity index (χ1n) is 7.84. The molecule has 1 aliphatic heterocycles. The van der Waals surface area contributed by atoms with Crippen LogP contribution in [0.25, 0.3) is 0 Å². The Kier molecular flexibility index (Phi) is 4.65. The molecular formula is C18H12F7NO. The Labute approximate surface area is 149 Å². The fraction of sp³-hybridized carbons (Fsp3) is 0.278. The molecule has 0 saturated heterocycles. The van der Waals surface area contributed by atoms with Gasteiger partial charge in [-0.25, -0.2) is 4.39 Å². The molecule has 2 aromatic rings. The molecule has 3 rings (SSSR count). The summed E-state index contributed by atoms with van der Waals surface area (Å²) < 4.78 is 91.9. The zero-order valence-electron chi connectivity index (χ0n) is 13.5. The van der Waals surface area contributed by atoms with Crippen LogP contribution in [0.3, 0.4) is 0 Å². The number of anilines is 1. The maximum atomic E-state index is 13.4. The van der Waals surface area contributed by atoms with Crippen LogP contribution >= 0.6 is 0 Å². The van der Waals surface area contributed by atoms with Crippen LogP contribution in [0.1, 0.15) is 34.6 Å². The Hall–Kier alpha value is -2.58. The first kappa shape index (κ1) is 19.2. The van der Waals surface area contributed by atoms with Gasteiger partial charge in [-0.15, -0.1) is 0 Å². The highest BCUT2D eigenvalue weighted by Crippen LogP contribution is 2.41. The van der Waals surface area contributed by atoms with Gasteiger partial charge in [0.05, 0.1) is 17.0 Å². The molecule has 0 bridgehead atoms. The van der Waals surface area contributed by atoms with E-state index in [9.17, 15) is 35.5 Å². The molecule has 27 heavy (non-hydrogen) atoms. The van der Waals surface area contributed by atoms with Crippen molar-refractivity contribution >= 4 is 11.6 Å². The lowest BCUT2D eigenvalue weighted by Gasteiger charge is -2.21. The molecular weight excluding hydrogens is 379 g/mol. The summed E-state index contributed by atoms with van der Waals surface area (Å²) in [5, 5.41) is 2.43. The van der Waals surface area contributed by atoms with E-state index in [0.717, 1.165) is 12.1 Å². The van der Waals surface area contributed by atoms with Gasteiger partial charge in [-0.1, -0.05) is 6.07 Å². The lowest BCUT2D eigenvalue weighted by atomic mass is 9.88. The molecule has 1 heterocycles. The zero-order chi connectivity index (χ0) is 20.0. The predicted molar refractivity (Wildman–Crippen MR) is 82.5 cm³/mol. The predicted octanol–water partition coefficient (Wildman–Crippen LogP) is 5.53. The second-order valence-electron chi connectivity index (χ2n) is 6.18. The number of alkyl halides is 6. The number of halogens is 7. The second kappa shape index (κ2) is 6.54. The number of carbonyl (C=O) groups excluding carboxylic acids is 1. The van der Waals surface area contributed by atoms with Crippen molar-refractivity contribution in [2.45, 2.75) is 31.1 Å². The maximum Gasteiger partial charge on any atom is 0.416 e. The van der Waals surface area contributed by atoms with Crippen molar-refractivity contribution in [3.63, 3.8) is 0 Å². The van der Waals surface area contributed by atoms with Crippen molar-refractivity contribution < 1.29 is 35.5 Å². The molecule has 1 unspecified atom stereocenters. The molecule has 0 saturated carbocycles. The van der Waals surface area contributed by atoms with Crippen molar-refractivity contribution in [2.75, 3.05) is 5.32 Å². The van der Waals surface area contributed by atoms with Crippen LogP contribution in [0.4, 0.5) is 36.4 Å². The van der Waals surface area contributed by atoms with Gasteiger partial charge < -0.3 is 5.32 Å². The fourth-order valence-corrected chi connectivity index (χ4v) is 3.12. The van der Waals surface area contributed by atoms with Crippen LogP contribution in [0.15, 0.2) is 36.4 Å². The van der Waals surface area contributed by atoms with Crippen LogP contribution in [0.5, 0.6) is 0 Å². The Morgan fingerprint density at radius 3 is 2.26 bits per heavy atom. The standard InChI is InChI=1S/C18H12F7NO/c19-11-3-6-15-9(7-11)1-4-13(16(27)26-15)12-5-2-10(17(20,21)22)8-14(12)18(23,24)25/h2-3,5-8,13H,1,4H2,(H,26,27).